The van der Waals surface area contributed by atoms with E-state index in [0.29, 0.717) is 30.1 Å². The van der Waals surface area contributed by atoms with Gasteiger partial charge in [-0.1, -0.05) is 56.2 Å². The van der Waals surface area contributed by atoms with Gasteiger partial charge in [0.25, 0.3) is 0 Å². The number of unbranched alkanes of at least 4 members (excludes halogenated alkanes) is 2. The van der Waals surface area contributed by atoms with Crippen molar-refractivity contribution in [3.05, 3.63) is 65.2 Å². The zero-order chi connectivity index (χ0) is 24.4. The standard InChI is InChI=1S/C15H9F6OP.C7H14O2/c16-14(17,18)10-7-4-8-11(15(19,20)21)12(10)13(22)23-9-5-2-1-3-6-9;1-3-4-5-6-9-7(2)8/h1-8,23H;3-6H2,1-2H3. The first-order valence-corrected chi connectivity index (χ1v) is 10.6. The molecule has 32 heavy (non-hydrogen) atoms. The second kappa shape index (κ2) is 12.6. The molecule has 0 bridgehead atoms. The fourth-order valence-corrected chi connectivity index (χ4v) is 3.57. The van der Waals surface area contributed by atoms with Crippen LogP contribution in [0.1, 0.15) is 54.6 Å². The van der Waals surface area contributed by atoms with Gasteiger partial charge in [-0.3, -0.25) is 9.59 Å². The lowest BCUT2D eigenvalue weighted by Crippen LogP contribution is -2.19. The van der Waals surface area contributed by atoms with Crippen molar-refractivity contribution < 1.29 is 40.7 Å². The molecular weight excluding hydrogens is 457 g/mol. The Morgan fingerprint density at radius 3 is 1.81 bits per heavy atom. The van der Waals surface area contributed by atoms with Crippen LogP contribution < -0.4 is 5.30 Å². The second-order valence-electron chi connectivity index (χ2n) is 6.59. The molecule has 0 spiro atoms. The van der Waals surface area contributed by atoms with Crippen molar-refractivity contribution in [1.82, 2.24) is 0 Å². The van der Waals surface area contributed by atoms with E-state index in [1.807, 2.05) is 0 Å². The predicted molar refractivity (Wildman–Crippen MR) is 111 cm³/mol. The predicted octanol–water partition coefficient (Wildman–Crippen LogP) is 6.61. The van der Waals surface area contributed by atoms with Gasteiger partial charge in [0.1, 0.15) is 0 Å². The molecule has 10 heteroatoms. The van der Waals surface area contributed by atoms with Crippen molar-refractivity contribution in [2.75, 3.05) is 6.61 Å². The molecule has 0 aliphatic heterocycles. The molecule has 3 nitrogen and oxygen atoms in total. The first kappa shape index (κ1) is 27.6. The van der Waals surface area contributed by atoms with Gasteiger partial charge in [0, 0.05) is 12.5 Å². The Labute approximate surface area is 183 Å². The van der Waals surface area contributed by atoms with Crippen molar-refractivity contribution >= 4 is 25.4 Å². The quantitative estimate of drug-likeness (QED) is 0.194. The third-order valence-electron chi connectivity index (χ3n) is 3.99. The summed E-state index contributed by atoms with van der Waals surface area (Å²) < 4.78 is 82.7. The van der Waals surface area contributed by atoms with Gasteiger partial charge in [0.05, 0.1) is 17.7 Å². The van der Waals surface area contributed by atoms with E-state index in [-0.39, 0.29) is 5.97 Å². The third kappa shape index (κ3) is 9.39. The number of alkyl halides is 6. The minimum absolute atomic E-state index is 0.175. The Bertz CT molecular complexity index is 847. The fraction of sp³-hybridized carbons (Fsp3) is 0.364. The summed E-state index contributed by atoms with van der Waals surface area (Å²) >= 11 is 0. The number of hydrogen-bond acceptors (Lipinski definition) is 3. The molecule has 2 aromatic rings. The van der Waals surface area contributed by atoms with Crippen LogP contribution in [0, 0.1) is 0 Å². The summed E-state index contributed by atoms with van der Waals surface area (Å²) in [5.74, 6) is -0.175. The average molecular weight is 480 g/mol. The van der Waals surface area contributed by atoms with E-state index in [9.17, 15) is 35.9 Å². The summed E-state index contributed by atoms with van der Waals surface area (Å²) in [6, 6.07) is 9.29. The molecule has 0 aliphatic rings. The number of carbonyl (C=O) groups is 2. The molecule has 0 heterocycles. The second-order valence-corrected chi connectivity index (χ2v) is 7.87. The molecule has 0 aromatic heterocycles. The van der Waals surface area contributed by atoms with Crippen LogP contribution >= 0.6 is 8.58 Å². The van der Waals surface area contributed by atoms with Gasteiger partial charge in [-0.2, -0.15) is 26.3 Å². The first-order valence-electron chi connectivity index (χ1n) is 9.65. The molecule has 0 N–H and O–H groups in total. The number of rotatable bonds is 7. The van der Waals surface area contributed by atoms with Crippen LogP contribution in [0.25, 0.3) is 0 Å². The highest BCUT2D eigenvalue weighted by Crippen LogP contribution is 2.41. The molecule has 0 amide bonds. The molecule has 0 fully saturated rings. The van der Waals surface area contributed by atoms with Crippen LogP contribution in [0.4, 0.5) is 26.3 Å². The molecule has 1 unspecified atom stereocenters. The van der Waals surface area contributed by atoms with Gasteiger partial charge in [0.2, 0.25) is 0 Å². The number of ether oxygens (including phenoxy) is 1. The van der Waals surface area contributed by atoms with Gasteiger partial charge in [-0.05, 0) is 32.4 Å². The topological polar surface area (TPSA) is 43.4 Å². The molecule has 2 aromatic carbocycles. The van der Waals surface area contributed by atoms with Crippen molar-refractivity contribution in [2.24, 2.45) is 0 Å². The van der Waals surface area contributed by atoms with Gasteiger partial charge in [-0.25, -0.2) is 0 Å². The summed E-state index contributed by atoms with van der Waals surface area (Å²) in [4.78, 5) is 22.3. The zero-order valence-corrected chi connectivity index (χ0v) is 18.4. The van der Waals surface area contributed by atoms with Gasteiger partial charge in [0.15, 0.2) is 5.52 Å². The first-order chi connectivity index (χ1) is 14.9. The summed E-state index contributed by atoms with van der Waals surface area (Å²) in [5.41, 5.74) is -5.66. The lowest BCUT2D eigenvalue weighted by Gasteiger charge is -2.17. The maximum atomic E-state index is 13.0. The minimum atomic E-state index is -5.05. The highest BCUT2D eigenvalue weighted by molar-refractivity contribution is 7.66. The van der Waals surface area contributed by atoms with Crippen LogP contribution in [-0.2, 0) is 21.9 Å². The number of halogens is 6. The largest absolute Gasteiger partial charge is 0.466 e. The van der Waals surface area contributed by atoms with Crippen LogP contribution in [0.5, 0.6) is 0 Å². The Hall–Kier alpha value is -2.41. The minimum Gasteiger partial charge on any atom is -0.466 e. The SMILES string of the molecule is CCCCCOC(C)=O.O=C(Pc1ccccc1)c1c(C(F)(F)F)cccc1C(F)(F)F. The van der Waals surface area contributed by atoms with Gasteiger partial charge < -0.3 is 4.74 Å². The Morgan fingerprint density at radius 2 is 1.38 bits per heavy atom. The van der Waals surface area contributed by atoms with Crippen LogP contribution in [-0.4, -0.2) is 18.1 Å². The summed E-state index contributed by atoms with van der Waals surface area (Å²) in [7, 11) is -0.832. The molecule has 0 saturated carbocycles. The zero-order valence-electron chi connectivity index (χ0n) is 17.4. The van der Waals surface area contributed by atoms with E-state index in [1.165, 1.54) is 25.5 Å². The number of benzene rings is 2. The molecule has 0 radical (unpaired) electrons. The summed E-state index contributed by atoms with van der Waals surface area (Å²) in [6.45, 7) is 4.14. The molecule has 176 valence electrons. The Kier molecular flexibility index (Phi) is 10.9. The van der Waals surface area contributed by atoms with E-state index < -0.39 is 43.1 Å². The maximum Gasteiger partial charge on any atom is 0.417 e. The van der Waals surface area contributed by atoms with Gasteiger partial charge in [-0.15, -0.1) is 0 Å². The smallest absolute Gasteiger partial charge is 0.417 e. The monoisotopic (exact) mass is 480 g/mol. The lowest BCUT2D eigenvalue weighted by atomic mass is 10.0. The van der Waals surface area contributed by atoms with Crippen molar-refractivity contribution in [3.8, 4) is 0 Å². The van der Waals surface area contributed by atoms with Crippen molar-refractivity contribution in [3.63, 3.8) is 0 Å². The van der Waals surface area contributed by atoms with Crippen LogP contribution in [0.2, 0.25) is 0 Å². The number of carbonyl (C=O) groups excluding carboxylic acids is 2. The Morgan fingerprint density at radius 1 is 0.844 bits per heavy atom. The number of esters is 1. The van der Waals surface area contributed by atoms with Crippen molar-refractivity contribution in [2.45, 2.75) is 45.5 Å². The number of hydrogen-bond donors (Lipinski definition) is 0. The fourth-order valence-electron chi connectivity index (χ4n) is 2.55. The van der Waals surface area contributed by atoms with Gasteiger partial charge >= 0.3 is 18.3 Å². The lowest BCUT2D eigenvalue weighted by molar-refractivity contribution is -0.144. The van der Waals surface area contributed by atoms with E-state index >= 15 is 0 Å². The maximum absolute atomic E-state index is 13.0. The van der Waals surface area contributed by atoms with Crippen LogP contribution in [0.3, 0.4) is 0 Å². The van der Waals surface area contributed by atoms with Crippen molar-refractivity contribution in [1.29, 1.82) is 0 Å². The third-order valence-corrected chi connectivity index (χ3v) is 5.09. The summed E-state index contributed by atoms with van der Waals surface area (Å²) in [5, 5.41) is 0.364. The van der Waals surface area contributed by atoms with E-state index in [2.05, 4.69) is 6.92 Å². The average Bonchev–Trinajstić information content (AvgIpc) is 2.70. The molecule has 0 saturated heterocycles. The van der Waals surface area contributed by atoms with E-state index in [0.717, 1.165) is 12.8 Å². The highest BCUT2D eigenvalue weighted by atomic mass is 31.1. The molecular formula is C22H23F6O3P. The summed E-state index contributed by atoms with van der Waals surface area (Å²) in [6.07, 6.45) is -6.79. The Balaban J connectivity index is 0.000000482. The molecule has 2 rings (SSSR count). The van der Waals surface area contributed by atoms with E-state index in [1.54, 1.807) is 18.2 Å². The van der Waals surface area contributed by atoms with E-state index in [4.69, 9.17) is 4.74 Å². The highest BCUT2D eigenvalue weighted by Gasteiger charge is 2.42. The van der Waals surface area contributed by atoms with Crippen LogP contribution in [0.15, 0.2) is 48.5 Å². The molecule has 1 atom stereocenters. The molecule has 0 aliphatic carbocycles. The normalized spacial score (nSPS) is 11.8.